The molecule has 0 radical (unpaired) electrons. The molecule has 9 nitrogen and oxygen atoms in total. The molecule has 2 N–H and O–H groups in total. The molecule has 1 unspecified atom stereocenters. The maximum atomic E-state index is 14.5. The lowest BCUT2D eigenvalue weighted by Gasteiger charge is -2.61. The van der Waals surface area contributed by atoms with Gasteiger partial charge in [0.1, 0.15) is 18.2 Å². The van der Waals surface area contributed by atoms with Crippen molar-refractivity contribution in [3.05, 3.63) is 58.4 Å². The van der Waals surface area contributed by atoms with Crippen molar-refractivity contribution >= 4 is 22.5 Å². The predicted molar refractivity (Wildman–Crippen MR) is 172 cm³/mol. The zero-order chi connectivity index (χ0) is 31.3. The van der Waals surface area contributed by atoms with E-state index in [9.17, 15) is 9.18 Å². The van der Waals surface area contributed by atoms with E-state index in [4.69, 9.17) is 19.5 Å². The van der Waals surface area contributed by atoms with Gasteiger partial charge >= 0.3 is 0 Å². The van der Waals surface area contributed by atoms with Crippen LogP contribution in [0.3, 0.4) is 0 Å². The molecular weight excluding hydrogens is 559 g/mol. The molecule has 0 spiro atoms. The second-order valence-corrected chi connectivity index (χ2v) is 13.7. The number of anilines is 1. The molecule has 236 valence electrons. The first-order valence-electron chi connectivity index (χ1n) is 15.8. The van der Waals surface area contributed by atoms with Crippen LogP contribution in [-0.2, 0) is 13.7 Å². The highest BCUT2D eigenvalue weighted by Crippen LogP contribution is 2.61. The molecule has 1 aliphatic heterocycles. The largest absolute Gasteiger partial charge is 0.497 e. The molecule has 3 saturated carbocycles. The number of piperazine rings is 1. The number of nitrogens with zero attached hydrogens (tertiary/aromatic N) is 4. The SMILES string of the molecule is COc1ccc(OCc2nc3cc(NC(=NC4C[C@@H]5C[C@H]([C@@H]4C)C5(C)C)N4C[C@@H](C)N[C@@H](C)C4)ccc3c(=O)n2C)c(F)c1. The van der Waals surface area contributed by atoms with E-state index in [1.807, 2.05) is 18.2 Å². The number of halogens is 1. The van der Waals surface area contributed by atoms with E-state index in [2.05, 4.69) is 50.2 Å². The van der Waals surface area contributed by atoms with Crippen LogP contribution in [0.4, 0.5) is 10.1 Å². The first-order chi connectivity index (χ1) is 20.9. The fourth-order valence-electron chi connectivity index (χ4n) is 7.66. The van der Waals surface area contributed by atoms with Crippen molar-refractivity contribution in [2.24, 2.45) is 35.2 Å². The topological polar surface area (TPSA) is 93.0 Å². The lowest BCUT2D eigenvalue weighted by Crippen LogP contribution is -2.59. The number of rotatable bonds is 6. The molecule has 7 rings (SSSR count). The number of hydrogen-bond acceptors (Lipinski definition) is 6. The Morgan fingerprint density at radius 2 is 1.89 bits per heavy atom. The molecule has 10 heteroatoms. The fourth-order valence-corrected chi connectivity index (χ4v) is 7.66. The normalized spacial score (nSPS) is 28.0. The maximum Gasteiger partial charge on any atom is 0.261 e. The van der Waals surface area contributed by atoms with E-state index in [1.165, 1.54) is 30.2 Å². The summed E-state index contributed by atoms with van der Waals surface area (Å²) in [6, 6.07) is 10.9. The summed E-state index contributed by atoms with van der Waals surface area (Å²) in [5, 5.41) is 7.77. The van der Waals surface area contributed by atoms with Gasteiger partial charge in [-0.25, -0.2) is 14.4 Å². The number of hydrogen-bond donors (Lipinski definition) is 2. The summed E-state index contributed by atoms with van der Waals surface area (Å²) >= 11 is 0. The average Bonchev–Trinajstić information content (AvgIpc) is 2.98. The molecule has 4 fully saturated rings. The molecule has 2 bridgehead atoms. The van der Waals surface area contributed by atoms with Crippen molar-refractivity contribution in [1.29, 1.82) is 0 Å². The lowest BCUT2D eigenvalue weighted by atomic mass is 9.45. The van der Waals surface area contributed by atoms with Crippen LogP contribution in [0.15, 0.2) is 46.2 Å². The summed E-state index contributed by atoms with van der Waals surface area (Å²) in [7, 11) is 3.13. The standard InChI is InChI=1S/C34H45FN6O3/c1-19-16-41(17-20(2)36-19)33(39-28-13-22-12-26(21(28)3)34(22,4)5)37-23-8-10-25-29(14-23)38-31(40(6)32(25)42)18-44-30-11-9-24(43-7)15-27(30)35/h8-11,14-15,19-22,26,28,36H,12-13,16-18H2,1-7H3,(H,37,39)/t19-,20+,21-,22-,26+,28?/m0/s1. The fraction of sp³-hybridized carbons (Fsp3) is 0.559. The second-order valence-electron chi connectivity index (χ2n) is 13.7. The van der Waals surface area contributed by atoms with Crippen LogP contribution < -0.4 is 25.7 Å². The van der Waals surface area contributed by atoms with Gasteiger partial charge in [0.15, 0.2) is 17.5 Å². The molecule has 3 aliphatic carbocycles. The molecule has 44 heavy (non-hydrogen) atoms. The maximum absolute atomic E-state index is 14.5. The van der Waals surface area contributed by atoms with E-state index < -0.39 is 5.82 Å². The Morgan fingerprint density at radius 1 is 1.14 bits per heavy atom. The van der Waals surface area contributed by atoms with Crippen molar-refractivity contribution in [3.8, 4) is 11.5 Å². The summed E-state index contributed by atoms with van der Waals surface area (Å²) in [5.74, 6) is 3.13. The third-order valence-electron chi connectivity index (χ3n) is 10.4. The van der Waals surface area contributed by atoms with Crippen LogP contribution >= 0.6 is 0 Å². The van der Waals surface area contributed by atoms with E-state index >= 15 is 0 Å². The van der Waals surface area contributed by atoms with Gasteiger partial charge < -0.3 is 25.0 Å². The van der Waals surface area contributed by atoms with Gasteiger partial charge in [0.2, 0.25) is 0 Å². The van der Waals surface area contributed by atoms with Gasteiger partial charge in [-0.1, -0.05) is 20.8 Å². The summed E-state index contributed by atoms with van der Waals surface area (Å²) in [6.07, 6.45) is 2.42. The molecule has 0 amide bonds. The van der Waals surface area contributed by atoms with Crippen LogP contribution in [0.25, 0.3) is 10.9 Å². The molecule has 2 aromatic carbocycles. The molecule has 6 atom stereocenters. The number of benzene rings is 2. The zero-order valence-electron chi connectivity index (χ0n) is 26.9. The number of nitrogens with one attached hydrogen (secondary N) is 2. The molecule has 4 aliphatic rings. The summed E-state index contributed by atoms with van der Waals surface area (Å²) in [5.41, 5.74) is 1.57. The second kappa shape index (κ2) is 11.7. The van der Waals surface area contributed by atoms with Crippen molar-refractivity contribution < 1.29 is 13.9 Å². The van der Waals surface area contributed by atoms with Crippen LogP contribution in [0, 0.1) is 29.0 Å². The van der Waals surface area contributed by atoms with Crippen molar-refractivity contribution in [2.45, 2.75) is 72.2 Å². The van der Waals surface area contributed by atoms with Gasteiger partial charge in [-0.05, 0) is 80.2 Å². The summed E-state index contributed by atoms with van der Waals surface area (Å²) in [6.45, 7) is 13.3. The predicted octanol–water partition coefficient (Wildman–Crippen LogP) is 5.18. The highest BCUT2D eigenvalue weighted by Gasteiger charge is 2.56. The number of aliphatic imine (C=N–C) groups is 1. The Balaban J connectivity index is 1.29. The Kier molecular flexibility index (Phi) is 8.07. The van der Waals surface area contributed by atoms with E-state index in [1.54, 1.807) is 13.1 Å². The first kappa shape index (κ1) is 30.4. The molecule has 1 saturated heterocycles. The van der Waals surface area contributed by atoms with Crippen LogP contribution in [0.5, 0.6) is 11.5 Å². The number of methoxy groups -OCH3 is 1. The third kappa shape index (κ3) is 5.64. The Hall–Kier alpha value is -3.66. The lowest BCUT2D eigenvalue weighted by molar-refractivity contribution is -0.108. The van der Waals surface area contributed by atoms with Crippen LogP contribution in [0.2, 0.25) is 0 Å². The van der Waals surface area contributed by atoms with E-state index in [-0.39, 0.29) is 24.0 Å². The molecule has 2 heterocycles. The van der Waals surface area contributed by atoms with Gasteiger partial charge in [-0.15, -0.1) is 0 Å². The minimum Gasteiger partial charge on any atom is -0.497 e. The summed E-state index contributed by atoms with van der Waals surface area (Å²) in [4.78, 5) is 25.8. The minimum absolute atomic E-state index is 0.0638. The Labute approximate surface area is 258 Å². The molecular formula is C34H45FN6O3. The molecule has 1 aromatic heterocycles. The number of aromatic nitrogens is 2. The number of fused-ring (bicyclic) bond motifs is 3. The highest BCUT2D eigenvalue weighted by atomic mass is 19.1. The Bertz CT molecular complexity index is 1630. The van der Waals surface area contributed by atoms with Crippen LogP contribution in [-0.4, -0.2) is 58.7 Å². The van der Waals surface area contributed by atoms with E-state index in [0.29, 0.717) is 57.7 Å². The van der Waals surface area contributed by atoms with Crippen LogP contribution in [0.1, 0.15) is 53.3 Å². The minimum atomic E-state index is -0.543. The quantitative estimate of drug-likeness (QED) is 0.296. The first-order valence-corrected chi connectivity index (χ1v) is 15.8. The van der Waals surface area contributed by atoms with Crippen molar-refractivity contribution in [2.75, 3.05) is 25.5 Å². The monoisotopic (exact) mass is 604 g/mol. The average molecular weight is 605 g/mol. The van der Waals surface area contributed by atoms with Gasteiger partial charge in [0.25, 0.3) is 5.56 Å². The van der Waals surface area contributed by atoms with E-state index in [0.717, 1.165) is 31.2 Å². The number of ether oxygens (including phenoxy) is 2. The zero-order valence-corrected chi connectivity index (χ0v) is 26.9. The van der Waals surface area contributed by atoms with Gasteiger partial charge in [0.05, 0.1) is 24.1 Å². The Morgan fingerprint density at radius 3 is 2.55 bits per heavy atom. The smallest absolute Gasteiger partial charge is 0.261 e. The summed E-state index contributed by atoms with van der Waals surface area (Å²) < 4.78 is 26.7. The molecule has 3 aromatic rings. The van der Waals surface area contributed by atoms with Gasteiger partial charge in [0, 0.05) is 44.0 Å². The third-order valence-corrected chi connectivity index (χ3v) is 10.4. The highest BCUT2D eigenvalue weighted by molar-refractivity contribution is 5.96. The van der Waals surface area contributed by atoms with Gasteiger partial charge in [-0.2, -0.15) is 0 Å². The number of guanidine groups is 1. The van der Waals surface area contributed by atoms with Crippen molar-refractivity contribution in [3.63, 3.8) is 0 Å². The van der Waals surface area contributed by atoms with Gasteiger partial charge in [-0.3, -0.25) is 9.36 Å². The van der Waals surface area contributed by atoms with Crippen molar-refractivity contribution in [1.82, 2.24) is 19.8 Å².